The molecule has 1 atom stereocenters. The summed E-state index contributed by atoms with van der Waals surface area (Å²) in [6, 6.07) is 0. The van der Waals surface area contributed by atoms with E-state index in [0.717, 1.165) is 12.8 Å². The molecular formula is C12H18O2. The summed E-state index contributed by atoms with van der Waals surface area (Å²) in [5.41, 5.74) is 0.406. The second-order valence-corrected chi connectivity index (χ2v) is 5.28. The molecule has 2 heteroatoms. The molecule has 0 bridgehead atoms. The SMILES string of the molecule is CC(C)C(=O)C1CC2(CCC1=O)CC2. The first-order valence-electron chi connectivity index (χ1n) is 5.60. The first-order chi connectivity index (χ1) is 6.54. The Bertz CT molecular complexity index is 274. The molecule has 0 amide bonds. The molecule has 78 valence electrons. The highest BCUT2D eigenvalue weighted by Crippen LogP contribution is 2.57. The minimum atomic E-state index is -0.258. The zero-order valence-electron chi connectivity index (χ0n) is 9.01. The molecule has 1 spiro atoms. The lowest BCUT2D eigenvalue weighted by atomic mass is 9.74. The van der Waals surface area contributed by atoms with Crippen molar-refractivity contribution >= 4 is 11.6 Å². The van der Waals surface area contributed by atoms with Crippen molar-refractivity contribution < 1.29 is 9.59 Å². The van der Waals surface area contributed by atoms with E-state index in [1.54, 1.807) is 0 Å². The first-order valence-corrected chi connectivity index (χ1v) is 5.60. The Hall–Kier alpha value is -0.660. The molecule has 2 aliphatic carbocycles. The predicted octanol–water partition coefficient (Wildman–Crippen LogP) is 2.36. The first kappa shape index (κ1) is 9.88. The number of carbonyl (C=O) groups excluding carboxylic acids is 2. The lowest BCUT2D eigenvalue weighted by Gasteiger charge is -2.27. The zero-order valence-corrected chi connectivity index (χ0v) is 9.01. The molecule has 1 unspecified atom stereocenters. The standard InChI is InChI=1S/C12H18O2/c1-8(2)11(14)9-7-12(5-6-12)4-3-10(9)13/h8-9H,3-7H2,1-2H3. The summed E-state index contributed by atoms with van der Waals surface area (Å²) >= 11 is 0. The third-order valence-corrected chi connectivity index (χ3v) is 3.80. The van der Waals surface area contributed by atoms with Crippen LogP contribution < -0.4 is 0 Å². The fourth-order valence-electron chi connectivity index (χ4n) is 2.50. The highest BCUT2D eigenvalue weighted by atomic mass is 16.2. The van der Waals surface area contributed by atoms with Crippen LogP contribution in [-0.2, 0) is 9.59 Å². The quantitative estimate of drug-likeness (QED) is 0.632. The van der Waals surface area contributed by atoms with E-state index < -0.39 is 0 Å². The van der Waals surface area contributed by atoms with Crippen LogP contribution in [0.5, 0.6) is 0 Å². The van der Waals surface area contributed by atoms with Crippen molar-refractivity contribution in [3.05, 3.63) is 0 Å². The Morgan fingerprint density at radius 2 is 2.00 bits per heavy atom. The molecule has 0 aliphatic heterocycles. The van der Waals surface area contributed by atoms with Crippen molar-refractivity contribution in [3.8, 4) is 0 Å². The third kappa shape index (κ3) is 1.62. The number of rotatable bonds is 2. The summed E-state index contributed by atoms with van der Waals surface area (Å²) in [6.07, 6.45) is 5.00. The second kappa shape index (κ2) is 3.18. The summed E-state index contributed by atoms with van der Waals surface area (Å²) in [7, 11) is 0. The van der Waals surface area contributed by atoms with Crippen LogP contribution in [0.2, 0.25) is 0 Å². The zero-order chi connectivity index (χ0) is 10.3. The summed E-state index contributed by atoms with van der Waals surface area (Å²) in [6.45, 7) is 3.79. The van der Waals surface area contributed by atoms with Crippen molar-refractivity contribution in [2.24, 2.45) is 17.3 Å². The molecule has 0 aromatic heterocycles. The molecule has 2 rings (SSSR count). The van der Waals surface area contributed by atoms with Crippen LogP contribution in [0, 0.1) is 17.3 Å². The van der Waals surface area contributed by atoms with Gasteiger partial charge in [-0.25, -0.2) is 0 Å². The smallest absolute Gasteiger partial charge is 0.145 e. The van der Waals surface area contributed by atoms with Crippen LogP contribution >= 0.6 is 0 Å². The highest BCUT2D eigenvalue weighted by molar-refractivity contribution is 6.03. The van der Waals surface area contributed by atoms with Gasteiger partial charge in [-0.3, -0.25) is 9.59 Å². The summed E-state index contributed by atoms with van der Waals surface area (Å²) in [5.74, 6) is 0.117. The van der Waals surface area contributed by atoms with E-state index in [4.69, 9.17) is 0 Å². The Balaban J connectivity index is 2.08. The number of carbonyl (C=O) groups is 2. The van der Waals surface area contributed by atoms with Crippen LogP contribution in [-0.4, -0.2) is 11.6 Å². The average molecular weight is 194 g/mol. The van der Waals surface area contributed by atoms with Crippen molar-refractivity contribution in [2.75, 3.05) is 0 Å². The van der Waals surface area contributed by atoms with E-state index in [0.29, 0.717) is 11.8 Å². The lowest BCUT2D eigenvalue weighted by molar-refractivity contribution is -0.137. The van der Waals surface area contributed by atoms with Gasteiger partial charge >= 0.3 is 0 Å². The molecule has 2 aliphatic rings. The summed E-state index contributed by atoms with van der Waals surface area (Å²) in [5, 5.41) is 0. The molecule has 0 aromatic rings. The van der Waals surface area contributed by atoms with E-state index >= 15 is 0 Å². The molecule has 2 nitrogen and oxygen atoms in total. The minimum absolute atomic E-state index is 0.0119. The van der Waals surface area contributed by atoms with Gasteiger partial charge < -0.3 is 0 Å². The Morgan fingerprint density at radius 1 is 1.36 bits per heavy atom. The molecule has 0 saturated heterocycles. The molecular weight excluding hydrogens is 176 g/mol. The Labute approximate surface area is 85.1 Å². The number of ketones is 2. The molecule has 2 saturated carbocycles. The molecule has 0 radical (unpaired) electrons. The third-order valence-electron chi connectivity index (χ3n) is 3.80. The highest BCUT2D eigenvalue weighted by Gasteiger charge is 2.50. The van der Waals surface area contributed by atoms with E-state index in [9.17, 15) is 9.59 Å². The van der Waals surface area contributed by atoms with Gasteiger partial charge in [0.05, 0.1) is 5.92 Å². The van der Waals surface area contributed by atoms with Crippen LogP contribution in [0.25, 0.3) is 0 Å². The maximum absolute atomic E-state index is 11.8. The Morgan fingerprint density at radius 3 is 2.50 bits per heavy atom. The molecule has 0 N–H and O–H groups in total. The van der Waals surface area contributed by atoms with Crippen LogP contribution in [0.15, 0.2) is 0 Å². The van der Waals surface area contributed by atoms with Gasteiger partial charge in [0.15, 0.2) is 0 Å². The summed E-state index contributed by atoms with van der Waals surface area (Å²) in [4.78, 5) is 23.4. The van der Waals surface area contributed by atoms with Crippen molar-refractivity contribution in [3.63, 3.8) is 0 Å². The van der Waals surface area contributed by atoms with Crippen molar-refractivity contribution in [1.29, 1.82) is 0 Å². The van der Waals surface area contributed by atoms with Gasteiger partial charge in [-0.15, -0.1) is 0 Å². The van der Waals surface area contributed by atoms with Crippen molar-refractivity contribution in [1.82, 2.24) is 0 Å². The molecule has 14 heavy (non-hydrogen) atoms. The van der Waals surface area contributed by atoms with Crippen LogP contribution in [0.3, 0.4) is 0 Å². The van der Waals surface area contributed by atoms with E-state index in [1.807, 2.05) is 13.8 Å². The topological polar surface area (TPSA) is 34.1 Å². The largest absolute Gasteiger partial charge is 0.299 e. The van der Waals surface area contributed by atoms with Gasteiger partial charge in [0.2, 0.25) is 0 Å². The van der Waals surface area contributed by atoms with Crippen LogP contribution in [0.1, 0.15) is 46.0 Å². The predicted molar refractivity (Wildman–Crippen MR) is 53.9 cm³/mol. The fraction of sp³-hybridized carbons (Fsp3) is 0.833. The van der Waals surface area contributed by atoms with Gasteiger partial charge in [-0.2, -0.15) is 0 Å². The molecule has 0 aromatic carbocycles. The second-order valence-electron chi connectivity index (χ2n) is 5.28. The van der Waals surface area contributed by atoms with Gasteiger partial charge in [-0.1, -0.05) is 13.8 Å². The molecule has 0 heterocycles. The van der Waals surface area contributed by atoms with Gasteiger partial charge in [0, 0.05) is 12.3 Å². The lowest BCUT2D eigenvalue weighted by Crippen LogP contribution is -2.34. The van der Waals surface area contributed by atoms with E-state index in [1.165, 1.54) is 12.8 Å². The van der Waals surface area contributed by atoms with E-state index in [-0.39, 0.29) is 23.4 Å². The summed E-state index contributed by atoms with van der Waals surface area (Å²) < 4.78 is 0. The molecule has 2 fully saturated rings. The minimum Gasteiger partial charge on any atom is -0.299 e. The Kier molecular flexibility index (Phi) is 2.24. The average Bonchev–Trinajstić information content (AvgIpc) is 2.89. The number of hydrogen-bond acceptors (Lipinski definition) is 2. The fourth-order valence-corrected chi connectivity index (χ4v) is 2.50. The van der Waals surface area contributed by atoms with Gasteiger partial charge in [-0.05, 0) is 31.1 Å². The number of Topliss-reactive ketones (excluding diaryl/α,β-unsaturated/α-hetero) is 2. The number of hydrogen-bond donors (Lipinski definition) is 0. The van der Waals surface area contributed by atoms with Crippen molar-refractivity contribution in [2.45, 2.75) is 46.0 Å². The van der Waals surface area contributed by atoms with Gasteiger partial charge in [0.25, 0.3) is 0 Å². The van der Waals surface area contributed by atoms with Crippen LogP contribution in [0.4, 0.5) is 0 Å². The monoisotopic (exact) mass is 194 g/mol. The normalized spacial score (nSPS) is 29.6. The maximum Gasteiger partial charge on any atom is 0.145 e. The van der Waals surface area contributed by atoms with E-state index in [2.05, 4.69) is 0 Å². The maximum atomic E-state index is 11.8. The van der Waals surface area contributed by atoms with Gasteiger partial charge in [0.1, 0.15) is 11.6 Å².